The average molecular weight is 545 g/mol. The Hall–Kier alpha value is -1.67. The molecule has 4 heterocycles. The van der Waals surface area contributed by atoms with Gasteiger partial charge in [0.25, 0.3) is 0 Å². The fourth-order valence-corrected chi connectivity index (χ4v) is 5.62. The zero-order chi connectivity index (χ0) is 24.8. The fourth-order valence-electron chi connectivity index (χ4n) is 3.42. The van der Waals surface area contributed by atoms with Crippen molar-refractivity contribution in [2.45, 2.75) is 43.0 Å². The Labute approximate surface area is 196 Å². The Balaban J connectivity index is 0.00000342. The van der Waals surface area contributed by atoms with Crippen molar-refractivity contribution in [2.75, 3.05) is 18.9 Å². The third-order valence-electron chi connectivity index (χ3n) is 5.09. The summed E-state index contributed by atoms with van der Waals surface area (Å²) in [5.41, 5.74) is 6.12. The molecule has 2 aromatic rings. The van der Waals surface area contributed by atoms with E-state index in [9.17, 15) is 39.3 Å². The number of aromatic nitrogens is 4. The molecule has 35 heavy (non-hydrogen) atoms. The number of hydrogen-bond donors (Lipinski definition) is 9. The van der Waals surface area contributed by atoms with Crippen LogP contribution in [0.4, 0.5) is 5.82 Å². The number of phosphoric acid groups is 2. The van der Waals surface area contributed by atoms with Gasteiger partial charge in [-0.25, -0.2) is 24.1 Å². The van der Waals surface area contributed by atoms with Gasteiger partial charge in [0.05, 0.1) is 19.0 Å². The van der Waals surface area contributed by atoms with Crippen LogP contribution in [0, 0.1) is 0 Å². The van der Waals surface area contributed by atoms with E-state index < -0.39 is 65.2 Å². The quantitative estimate of drug-likeness (QED) is 0.150. The number of hydrogen-bond acceptors (Lipinski definition) is 16. The number of nitrogens with one attached hydrogen (secondary N) is 1. The summed E-state index contributed by atoms with van der Waals surface area (Å²) in [5, 5.41) is 42.1. The van der Waals surface area contributed by atoms with Crippen LogP contribution >= 0.6 is 15.6 Å². The molecule has 2 aromatic heterocycles. The molecule has 0 aromatic carbocycles. The van der Waals surface area contributed by atoms with Gasteiger partial charge < -0.3 is 46.8 Å². The van der Waals surface area contributed by atoms with E-state index in [2.05, 4.69) is 33.6 Å². The summed E-state index contributed by atoms with van der Waals surface area (Å²) in [6.07, 6.45) is -7.83. The first-order valence-electron chi connectivity index (χ1n) is 9.62. The lowest BCUT2D eigenvalue weighted by Gasteiger charge is -2.22. The van der Waals surface area contributed by atoms with Crippen LogP contribution < -0.4 is 17.2 Å². The van der Waals surface area contributed by atoms with Crippen molar-refractivity contribution in [2.24, 2.45) is 0 Å². The van der Waals surface area contributed by atoms with Crippen LogP contribution in [-0.4, -0.2) is 99.6 Å². The fraction of sp³-hybridized carbons (Fsp3) is 0.643. The van der Waals surface area contributed by atoms with Crippen LogP contribution in [0.3, 0.4) is 0 Å². The summed E-state index contributed by atoms with van der Waals surface area (Å²) in [4.78, 5) is 31.3. The maximum atomic E-state index is 12.1. The highest BCUT2D eigenvalue weighted by Crippen LogP contribution is 2.61. The summed E-state index contributed by atoms with van der Waals surface area (Å²) < 4.78 is 44.3. The second kappa shape index (κ2) is 10.4. The third kappa shape index (κ3) is 5.85. The van der Waals surface area contributed by atoms with Crippen LogP contribution in [0.5, 0.6) is 0 Å². The van der Waals surface area contributed by atoms with E-state index in [-0.39, 0.29) is 29.7 Å². The number of ether oxygens (including phenoxy) is 1. The number of fused-ring (bicyclic) bond motifs is 1. The molecule has 0 saturated carbocycles. The van der Waals surface area contributed by atoms with Crippen LogP contribution in [0.15, 0.2) is 12.7 Å². The zero-order valence-corrected chi connectivity index (χ0v) is 19.5. The standard InChI is InChI=1S/C14H22N6O12P2.H3N/c15-11-7-12(18-3-17-11)20(4-19-7)14-10(24)9(23)6(30-14)2-29-33(25,26)32-34(27,28)31-13-8(22)5(21)1-16-13;/h3-6,8-10,13-14,16,21-24H,1-2H2,(H,25,26)(H,27,28)(H2,15,17,18);1H3/t5?,6-,8-,9?,10?,13-,14-;/m1./s1. The zero-order valence-electron chi connectivity index (χ0n) is 17.7. The Morgan fingerprint density at radius 2 is 1.83 bits per heavy atom. The maximum absolute atomic E-state index is 12.1. The van der Waals surface area contributed by atoms with E-state index in [1.54, 1.807) is 0 Å². The summed E-state index contributed by atoms with van der Waals surface area (Å²) in [7, 11) is -10.5. The highest BCUT2D eigenvalue weighted by molar-refractivity contribution is 7.61. The number of β-amino-alcohol motifs (C(OH)–C–C–N with tert-alkyl or cyclic N) is 1. The van der Waals surface area contributed by atoms with Gasteiger partial charge in [-0.2, -0.15) is 4.31 Å². The first kappa shape index (κ1) is 27.9. The molecule has 2 aliphatic rings. The van der Waals surface area contributed by atoms with Gasteiger partial charge in [-0.1, -0.05) is 0 Å². The van der Waals surface area contributed by atoms with Crippen molar-refractivity contribution in [3.8, 4) is 0 Å². The molecule has 9 atom stereocenters. The van der Waals surface area contributed by atoms with Crippen molar-refractivity contribution in [3.63, 3.8) is 0 Å². The van der Waals surface area contributed by atoms with Crippen LogP contribution in [0.25, 0.3) is 11.2 Å². The molecule has 2 saturated heterocycles. The van der Waals surface area contributed by atoms with Gasteiger partial charge in [0.1, 0.15) is 42.5 Å². The van der Waals surface area contributed by atoms with Gasteiger partial charge in [0.2, 0.25) is 0 Å². The molecule has 21 heteroatoms. The van der Waals surface area contributed by atoms with Crippen molar-refractivity contribution < 1.29 is 57.4 Å². The molecule has 0 bridgehead atoms. The molecule has 0 amide bonds. The minimum Gasteiger partial charge on any atom is -0.389 e. The van der Waals surface area contributed by atoms with E-state index in [0.717, 1.165) is 6.33 Å². The molecule has 0 radical (unpaired) electrons. The summed E-state index contributed by atoms with van der Waals surface area (Å²) in [6, 6.07) is 0. The van der Waals surface area contributed by atoms with Crippen LogP contribution in [0.1, 0.15) is 6.23 Å². The lowest BCUT2D eigenvalue weighted by atomic mass is 10.1. The van der Waals surface area contributed by atoms with E-state index >= 15 is 0 Å². The predicted octanol–water partition coefficient (Wildman–Crippen LogP) is -2.91. The van der Waals surface area contributed by atoms with Crippen molar-refractivity contribution >= 4 is 32.6 Å². The second-order valence-electron chi connectivity index (χ2n) is 7.44. The lowest BCUT2D eigenvalue weighted by Crippen LogP contribution is -2.34. The van der Waals surface area contributed by atoms with Gasteiger partial charge in [0.15, 0.2) is 17.7 Å². The number of aliphatic hydroxyl groups is 4. The molecule has 0 spiro atoms. The molecule has 198 valence electrons. The van der Waals surface area contributed by atoms with Gasteiger partial charge in [-0.05, 0) is 0 Å². The summed E-state index contributed by atoms with van der Waals surface area (Å²) in [6.45, 7) is -1.01. The van der Waals surface area contributed by atoms with Gasteiger partial charge >= 0.3 is 15.6 Å². The highest BCUT2D eigenvalue weighted by atomic mass is 31.3. The molecular weight excluding hydrogens is 520 g/mol. The van der Waals surface area contributed by atoms with Crippen molar-refractivity contribution in [1.29, 1.82) is 0 Å². The Kier molecular flexibility index (Phi) is 8.27. The van der Waals surface area contributed by atoms with Crippen molar-refractivity contribution in [3.05, 3.63) is 12.7 Å². The molecule has 2 fully saturated rings. The lowest BCUT2D eigenvalue weighted by molar-refractivity contribution is -0.0510. The predicted molar refractivity (Wildman–Crippen MR) is 112 cm³/mol. The maximum Gasteiger partial charge on any atom is 0.482 e. The van der Waals surface area contributed by atoms with Gasteiger partial charge in [0, 0.05) is 6.54 Å². The van der Waals surface area contributed by atoms with Gasteiger partial charge in [-0.3, -0.25) is 18.9 Å². The Bertz CT molecular complexity index is 1140. The van der Waals surface area contributed by atoms with Crippen molar-refractivity contribution in [1.82, 2.24) is 31.0 Å². The molecular formula is C14H25N7O12P2. The largest absolute Gasteiger partial charge is 0.482 e. The molecule has 2 aliphatic heterocycles. The highest BCUT2D eigenvalue weighted by Gasteiger charge is 2.47. The monoisotopic (exact) mass is 545 g/mol. The van der Waals surface area contributed by atoms with Gasteiger partial charge in [-0.15, -0.1) is 0 Å². The van der Waals surface area contributed by atoms with Crippen LogP contribution in [0.2, 0.25) is 0 Å². The minimum atomic E-state index is -5.27. The SMILES string of the molecule is N.Nc1ncnc2c1ncn2[C@@H]1O[C@H](COP(=O)(O)OP(=O)(O)O[C@H]2NCC(O)[C@H]2O)C(O)C1O. The first-order chi connectivity index (χ1) is 15.9. The molecule has 5 unspecified atom stereocenters. The number of anilines is 1. The third-order valence-corrected chi connectivity index (χ3v) is 7.71. The Morgan fingerprint density at radius 3 is 2.49 bits per heavy atom. The number of aliphatic hydroxyl groups excluding tert-OH is 4. The van der Waals surface area contributed by atoms with E-state index in [1.807, 2.05) is 0 Å². The first-order valence-corrected chi connectivity index (χ1v) is 12.6. The average Bonchev–Trinajstić information content (AvgIpc) is 3.39. The second-order valence-corrected chi connectivity index (χ2v) is 10.4. The number of nitrogens with two attached hydrogens (primary N) is 1. The van der Waals surface area contributed by atoms with E-state index in [4.69, 9.17) is 10.5 Å². The topological polar surface area (TPSA) is 309 Å². The number of nitrogens with zero attached hydrogens (tertiary/aromatic N) is 4. The summed E-state index contributed by atoms with van der Waals surface area (Å²) >= 11 is 0. The molecule has 0 aliphatic carbocycles. The number of phosphoric ester groups is 2. The smallest absolute Gasteiger partial charge is 0.389 e. The van der Waals surface area contributed by atoms with Crippen LogP contribution in [-0.2, 0) is 27.2 Å². The molecule has 19 nitrogen and oxygen atoms in total. The number of rotatable bonds is 8. The molecule has 12 N–H and O–H groups in total. The van der Waals surface area contributed by atoms with E-state index in [1.165, 1.54) is 10.9 Å². The molecule has 4 rings (SSSR count). The van der Waals surface area contributed by atoms with E-state index in [0.29, 0.717) is 0 Å². The Morgan fingerprint density at radius 1 is 1.11 bits per heavy atom. The minimum absolute atomic E-state index is 0. The number of nitrogen functional groups attached to an aromatic ring is 1. The normalized spacial score (nSPS) is 34.4. The summed E-state index contributed by atoms with van der Waals surface area (Å²) in [5.74, 6) is 0.0699. The number of imidazole rings is 1.